The van der Waals surface area contributed by atoms with Crippen molar-refractivity contribution in [1.29, 1.82) is 0 Å². The number of aliphatic hydroxyl groups is 2. The van der Waals surface area contributed by atoms with Gasteiger partial charge in [-0.3, -0.25) is 14.0 Å². The van der Waals surface area contributed by atoms with Gasteiger partial charge >= 0.3 is 18.4 Å². The Balaban J connectivity index is 1.50. The number of benzene rings is 3. The topological polar surface area (TPSA) is 136 Å². The van der Waals surface area contributed by atoms with Crippen LogP contribution in [0.25, 0.3) is 0 Å². The number of sulfonamides is 1. The first-order chi connectivity index (χ1) is 23.3. The average Bonchev–Trinajstić information content (AvgIpc) is 3.04. The van der Waals surface area contributed by atoms with E-state index in [0.717, 1.165) is 10.4 Å². The molecule has 0 bridgehead atoms. The van der Waals surface area contributed by atoms with Gasteiger partial charge in [0.2, 0.25) is 5.91 Å². The van der Waals surface area contributed by atoms with Crippen LogP contribution in [0.4, 0.5) is 42.5 Å². The maximum absolute atomic E-state index is 14.1. The lowest BCUT2D eigenvalue weighted by Crippen LogP contribution is -2.54. The second-order valence-corrected chi connectivity index (χ2v) is 13.9. The molecule has 0 radical (unpaired) electrons. The Kier molecular flexibility index (Phi) is 9.90. The van der Waals surface area contributed by atoms with Gasteiger partial charge in [-0.2, -0.15) is 26.3 Å². The minimum absolute atomic E-state index is 0.0543. The molecule has 0 saturated heterocycles. The highest BCUT2D eigenvalue weighted by Crippen LogP contribution is 2.51. The quantitative estimate of drug-likeness (QED) is 0.277. The van der Waals surface area contributed by atoms with Crippen molar-refractivity contribution in [3.63, 3.8) is 0 Å². The number of carbonyl (C=O) groups is 2. The Morgan fingerprint density at radius 2 is 1.60 bits per heavy atom. The largest absolute Gasteiger partial charge is 0.449 e. The van der Waals surface area contributed by atoms with Gasteiger partial charge in [0, 0.05) is 17.5 Å². The number of halogens is 6. The van der Waals surface area contributed by atoms with Gasteiger partial charge in [-0.25, -0.2) is 13.2 Å². The van der Waals surface area contributed by atoms with E-state index in [-0.39, 0.29) is 42.1 Å². The molecule has 3 aromatic rings. The lowest BCUT2D eigenvalue weighted by Gasteiger charge is -2.40. The zero-order valence-corrected chi connectivity index (χ0v) is 27.4. The summed E-state index contributed by atoms with van der Waals surface area (Å²) in [6, 6.07) is 11.3. The molecule has 0 saturated carbocycles. The second-order valence-electron chi connectivity index (χ2n) is 12.0. The van der Waals surface area contributed by atoms with Gasteiger partial charge in [0.05, 0.1) is 41.5 Å². The molecule has 2 aliphatic heterocycles. The number of carbonyl (C=O) groups excluding carboxylic acids is 2. The smallest absolute Gasteiger partial charge is 0.430 e. The molecule has 17 heteroatoms. The first kappa shape index (κ1) is 36.9. The fraction of sp³-hybridized carbons (Fsp3) is 0.394. The van der Waals surface area contributed by atoms with Gasteiger partial charge in [-0.1, -0.05) is 48.0 Å². The third-order valence-corrected chi connectivity index (χ3v) is 10.7. The highest BCUT2D eigenvalue weighted by molar-refractivity contribution is 7.92. The van der Waals surface area contributed by atoms with Crippen LogP contribution in [0.1, 0.15) is 48.1 Å². The highest BCUT2D eigenvalue weighted by Gasteiger charge is 2.71. The van der Waals surface area contributed by atoms with E-state index in [4.69, 9.17) is 4.74 Å². The minimum atomic E-state index is -6.16. The summed E-state index contributed by atoms with van der Waals surface area (Å²) in [6.45, 7) is 3.16. The van der Waals surface area contributed by atoms with Crippen molar-refractivity contribution in [2.24, 2.45) is 0 Å². The van der Waals surface area contributed by atoms with Gasteiger partial charge in [0.1, 0.15) is 6.10 Å². The van der Waals surface area contributed by atoms with Crippen molar-refractivity contribution in [3.8, 4) is 0 Å². The van der Waals surface area contributed by atoms with Crippen molar-refractivity contribution in [2.45, 2.75) is 74.1 Å². The van der Waals surface area contributed by atoms with Crippen LogP contribution in [-0.4, -0.2) is 68.2 Å². The monoisotopic (exact) mass is 729 g/mol. The van der Waals surface area contributed by atoms with Crippen LogP contribution >= 0.6 is 0 Å². The molecule has 2 heterocycles. The molecule has 2 amide bonds. The summed E-state index contributed by atoms with van der Waals surface area (Å²) in [6.07, 6.45) is -15.3. The normalized spacial score (nSPS) is 19.8. The second kappa shape index (κ2) is 13.4. The van der Waals surface area contributed by atoms with Crippen LogP contribution in [0.15, 0.2) is 71.6 Å². The number of rotatable bonds is 7. The van der Waals surface area contributed by atoms with Crippen molar-refractivity contribution in [2.75, 3.05) is 22.4 Å². The van der Waals surface area contributed by atoms with Gasteiger partial charge in [0.25, 0.3) is 15.6 Å². The number of hydrogen-bond acceptors (Lipinski definition) is 7. The van der Waals surface area contributed by atoms with Crippen molar-refractivity contribution >= 4 is 33.4 Å². The van der Waals surface area contributed by atoms with E-state index in [1.807, 2.05) is 0 Å². The summed E-state index contributed by atoms with van der Waals surface area (Å²) in [4.78, 5) is 27.3. The van der Waals surface area contributed by atoms with Gasteiger partial charge in [-0.15, -0.1) is 0 Å². The molecule has 0 spiro atoms. The summed E-state index contributed by atoms with van der Waals surface area (Å²) in [7, 11) is -4.57. The van der Waals surface area contributed by atoms with Crippen LogP contribution in [-0.2, 0) is 31.6 Å². The molecule has 10 nitrogen and oxygen atoms in total. The molecule has 2 aliphatic rings. The van der Waals surface area contributed by atoms with Crippen molar-refractivity contribution < 1.29 is 59.3 Å². The Hall–Kier alpha value is -4.35. The molecule has 3 atom stereocenters. The molecule has 3 unspecified atom stereocenters. The number of alkyl halides is 6. The lowest BCUT2D eigenvalue weighted by atomic mass is 9.87. The number of aliphatic hydroxyl groups excluding tert-OH is 1. The number of anilines is 2. The molecular formula is C33H33F6N3O7S. The van der Waals surface area contributed by atoms with E-state index < -0.39 is 70.1 Å². The van der Waals surface area contributed by atoms with Crippen molar-refractivity contribution in [3.05, 3.63) is 89.0 Å². The number of fused-ring (bicyclic) bond motifs is 2. The van der Waals surface area contributed by atoms with Crippen LogP contribution in [0.5, 0.6) is 0 Å². The molecule has 3 aromatic carbocycles. The summed E-state index contributed by atoms with van der Waals surface area (Å²) in [5, 5.41) is 23.8. The molecule has 50 heavy (non-hydrogen) atoms. The van der Waals surface area contributed by atoms with Gasteiger partial charge < -0.3 is 20.3 Å². The third kappa shape index (κ3) is 6.60. The Labute approximate surface area is 283 Å². The number of aryl methyl sites for hydroxylation is 2. The Morgan fingerprint density at radius 3 is 2.22 bits per heavy atom. The molecule has 0 fully saturated rings. The molecule has 3 N–H and O–H groups in total. The first-order valence-electron chi connectivity index (χ1n) is 15.4. The van der Waals surface area contributed by atoms with Gasteiger partial charge in [-0.05, 0) is 56.5 Å². The summed E-state index contributed by atoms with van der Waals surface area (Å²) >= 11 is 0. The lowest BCUT2D eigenvalue weighted by molar-refractivity contribution is -0.376. The van der Waals surface area contributed by atoms with E-state index in [1.54, 1.807) is 38.1 Å². The first-order valence-corrected chi connectivity index (χ1v) is 16.9. The van der Waals surface area contributed by atoms with E-state index in [0.29, 0.717) is 28.9 Å². The minimum Gasteiger partial charge on any atom is -0.449 e. The number of ether oxygens (including phenoxy) is 1. The predicted octanol–water partition coefficient (Wildman–Crippen LogP) is 5.40. The Bertz CT molecular complexity index is 1850. The van der Waals surface area contributed by atoms with E-state index in [9.17, 15) is 54.6 Å². The van der Waals surface area contributed by atoms with Crippen LogP contribution in [0.2, 0.25) is 0 Å². The van der Waals surface area contributed by atoms with Gasteiger partial charge in [0.15, 0.2) is 0 Å². The zero-order chi connectivity index (χ0) is 36.8. The fourth-order valence-electron chi connectivity index (χ4n) is 6.26. The average molecular weight is 730 g/mol. The fourth-order valence-corrected chi connectivity index (χ4v) is 7.97. The summed E-state index contributed by atoms with van der Waals surface area (Å²) in [5.41, 5.74) is -5.89. The van der Waals surface area contributed by atoms with Crippen molar-refractivity contribution in [1.82, 2.24) is 5.32 Å². The SMILES string of the molecule is CCOC(=O)N1CC(NC(=O)CC2CCc3cc(C(O)(C(F)(F)F)C(F)(F)F)ccc3N2S(=O)(=O)c2ccc(C)cc2)C(O)c2ccccc21. The number of nitrogens with zero attached hydrogens (tertiary/aromatic N) is 2. The maximum Gasteiger partial charge on any atom is 0.430 e. The highest BCUT2D eigenvalue weighted by atomic mass is 32.2. The van der Waals surface area contributed by atoms with E-state index in [2.05, 4.69) is 5.32 Å². The van der Waals surface area contributed by atoms with Crippen LogP contribution in [0, 0.1) is 6.92 Å². The molecule has 0 aliphatic carbocycles. The summed E-state index contributed by atoms with van der Waals surface area (Å²) in [5.74, 6) is -0.755. The third-order valence-electron chi connectivity index (χ3n) is 8.77. The zero-order valence-electron chi connectivity index (χ0n) is 26.6. The van der Waals surface area contributed by atoms with E-state index >= 15 is 0 Å². The molecular weight excluding hydrogens is 696 g/mol. The molecule has 5 rings (SSSR count). The number of amides is 2. The standard InChI is InChI=1S/C33H33F6N3O7S/c1-3-49-30(45)41-18-25(29(44)24-6-4-5-7-27(24)41)40-28(43)17-22-12-10-20-16-21(31(46,32(34,35)36)33(37,38)39)11-15-26(20)42(22)50(47,48)23-13-8-19(2)9-14-23/h4-9,11,13-16,22,25,29,44,46H,3,10,12,17-18H2,1-2H3,(H,40,43). The number of hydrogen-bond donors (Lipinski definition) is 3. The Morgan fingerprint density at radius 1 is 0.960 bits per heavy atom. The molecule has 270 valence electrons. The molecule has 0 aromatic heterocycles. The van der Waals surface area contributed by atoms with Crippen LogP contribution in [0.3, 0.4) is 0 Å². The van der Waals surface area contributed by atoms with Crippen LogP contribution < -0.4 is 14.5 Å². The van der Waals surface area contributed by atoms with E-state index in [1.165, 1.54) is 29.2 Å². The number of para-hydroxylation sites is 1. The predicted molar refractivity (Wildman–Crippen MR) is 168 cm³/mol. The summed E-state index contributed by atoms with van der Waals surface area (Å²) < 4.78 is 116. The number of nitrogens with one attached hydrogen (secondary N) is 1. The maximum atomic E-state index is 14.1.